The first-order valence-electron chi connectivity index (χ1n) is 10.9. The largest absolute Gasteiger partial charge is 0.543 e. The number of fused-ring (bicyclic) bond motifs is 1. The zero-order valence-corrected chi connectivity index (χ0v) is 20.7. The maximum Gasteiger partial charge on any atom is 0.250 e. The predicted octanol–water partition coefficient (Wildman–Crippen LogP) is 7.26. The van der Waals surface area contributed by atoms with E-state index in [0.717, 1.165) is 39.7 Å². The third kappa shape index (κ3) is 2.37. The number of methoxy groups -OCH3 is 1. The summed E-state index contributed by atoms with van der Waals surface area (Å²) in [6.45, 7) is 11.5. The predicted molar refractivity (Wildman–Crippen MR) is 121 cm³/mol. The minimum absolute atomic E-state index is 0.187. The molecule has 152 valence electrons. The molecular weight excluding hydrogens is 428 g/mol. The highest BCUT2D eigenvalue weighted by atomic mass is 79.9. The van der Waals surface area contributed by atoms with E-state index in [1.807, 2.05) is 7.11 Å². The summed E-state index contributed by atoms with van der Waals surface area (Å²) in [5, 5.41) is 0.187. The minimum Gasteiger partial charge on any atom is -0.543 e. The van der Waals surface area contributed by atoms with Gasteiger partial charge in [-0.2, -0.15) is 0 Å². The Kier molecular flexibility index (Phi) is 4.06. The molecular formula is C24H33BrO2Si. The van der Waals surface area contributed by atoms with Gasteiger partial charge in [0.25, 0.3) is 0 Å². The fourth-order valence-corrected chi connectivity index (χ4v) is 8.13. The number of ether oxygens (including phenoxy) is 1. The molecule has 1 aromatic rings. The van der Waals surface area contributed by atoms with Gasteiger partial charge < -0.3 is 9.16 Å². The fraction of sp³-hybridized carbons (Fsp3) is 0.667. The van der Waals surface area contributed by atoms with Crippen molar-refractivity contribution in [1.82, 2.24) is 0 Å². The van der Waals surface area contributed by atoms with Gasteiger partial charge in [0.2, 0.25) is 8.32 Å². The van der Waals surface area contributed by atoms with Crippen LogP contribution in [-0.2, 0) is 4.74 Å². The lowest BCUT2D eigenvalue weighted by atomic mass is 9.38. The second-order valence-corrected chi connectivity index (χ2v) is 16.7. The van der Waals surface area contributed by atoms with E-state index in [4.69, 9.17) is 9.16 Å². The average molecular weight is 462 g/mol. The molecule has 28 heavy (non-hydrogen) atoms. The maximum absolute atomic E-state index is 6.61. The standard InChI is InChI=1S/C24H33BrO2Si/c1-23(2,3)28(5,6)27-17-7-8-20(25)18(12-17)22(26-4)21-14-9-15-10-16-11-19(21)24(15,16)13-14/h7-8,12,14-16,19H,9-11,13H2,1-6H3. The molecule has 5 rings (SSSR count). The van der Waals surface area contributed by atoms with E-state index in [1.165, 1.54) is 31.2 Å². The average Bonchev–Trinajstić information content (AvgIpc) is 3.08. The number of rotatable bonds is 4. The first-order valence-corrected chi connectivity index (χ1v) is 14.6. The molecule has 1 aromatic carbocycles. The fourth-order valence-electron chi connectivity index (χ4n) is 6.68. The number of allylic oxidation sites excluding steroid dienone is 1. The zero-order chi connectivity index (χ0) is 20.1. The lowest BCUT2D eigenvalue weighted by Crippen LogP contribution is -2.60. The van der Waals surface area contributed by atoms with Gasteiger partial charge >= 0.3 is 0 Å². The van der Waals surface area contributed by atoms with Crippen LogP contribution >= 0.6 is 15.9 Å². The Labute approximate surface area is 179 Å². The number of hydrogen-bond acceptors (Lipinski definition) is 2. The van der Waals surface area contributed by atoms with E-state index in [9.17, 15) is 0 Å². The molecule has 2 nitrogen and oxygen atoms in total. The van der Waals surface area contributed by atoms with Crippen LogP contribution in [0.1, 0.15) is 52.0 Å². The summed E-state index contributed by atoms with van der Waals surface area (Å²) >= 11 is 3.80. The summed E-state index contributed by atoms with van der Waals surface area (Å²) in [4.78, 5) is 0. The highest BCUT2D eigenvalue weighted by molar-refractivity contribution is 9.10. The Hall–Kier alpha value is -0.743. The van der Waals surface area contributed by atoms with Crippen molar-refractivity contribution in [2.45, 2.75) is 64.6 Å². The van der Waals surface area contributed by atoms with E-state index in [-0.39, 0.29) is 5.04 Å². The van der Waals surface area contributed by atoms with E-state index < -0.39 is 8.32 Å². The van der Waals surface area contributed by atoms with Gasteiger partial charge in [-0.1, -0.05) is 36.7 Å². The summed E-state index contributed by atoms with van der Waals surface area (Å²) < 4.78 is 13.8. The number of halogens is 1. The summed E-state index contributed by atoms with van der Waals surface area (Å²) in [5.41, 5.74) is 3.47. The summed E-state index contributed by atoms with van der Waals surface area (Å²) in [6, 6.07) is 6.46. The van der Waals surface area contributed by atoms with Gasteiger partial charge in [0.05, 0.1) is 7.11 Å². The van der Waals surface area contributed by atoms with Gasteiger partial charge in [-0.15, -0.1) is 0 Å². The van der Waals surface area contributed by atoms with Crippen LogP contribution in [0.3, 0.4) is 0 Å². The smallest absolute Gasteiger partial charge is 0.250 e. The van der Waals surface area contributed by atoms with Crippen LogP contribution in [0.4, 0.5) is 0 Å². The third-order valence-electron chi connectivity index (χ3n) is 9.07. The topological polar surface area (TPSA) is 18.5 Å². The summed E-state index contributed by atoms with van der Waals surface area (Å²) in [5.74, 6) is 5.66. The summed E-state index contributed by atoms with van der Waals surface area (Å²) in [7, 11) is -0.0103. The Morgan fingerprint density at radius 2 is 1.86 bits per heavy atom. The molecule has 0 amide bonds. The molecule has 2 bridgehead atoms. The van der Waals surface area contributed by atoms with Crippen LogP contribution in [-0.4, -0.2) is 15.4 Å². The van der Waals surface area contributed by atoms with Gasteiger partial charge in [-0.05, 0) is 96.7 Å². The Morgan fingerprint density at radius 3 is 2.46 bits per heavy atom. The molecule has 5 atom stereocenters. The molecule has 0 radical (unpaired) electrons. The molecule has 4 fully saturated rings. The third-order valence-corrected chi connectivity index (χ3v) is 14.1. The van der Waals surface area contributed by atoms with Crippen LogP contribution in [0.15, 0.2) is 28.2 Å². The van der Waals surface area contributed by atoms with E-state index in [0.29, 0.717) is 5.41 Å². The van der Waals surface area contributed by atoms with Crippen molar-refractivity contribution in [1.29, 1.82) is 0 Å². The van der Waals surface area contributed by atoms with Gasteiger partial charge in [-0.3, -0.25) is 0 Å². The number of hydrogen-bond donors (Lipinski definition) is 0. The monoisotopic (exact) mass is 460 g/mol. The molecule has 4 heteroatoms. The van der Waals surface area contributed by atoms with Crippen LogP contribution in [0.2, 0.25) is 18.1 Å². The van der Waals surface area contributed by atoms with E-state index in [1.54, 1.807) is 5.57 Å². The van der Waals surface area contributed by atoms with Gasteiger partial charge in [-0.25, -0.2) is 0 Å². The zero-order valence-electron chi connectivity index (χ0n) is 18.1. The molecule has 0 aromatic heterocycles. The quantitative estimate of drug-likeness (QED) is 0.347. The summed E-state index contributed by atoms with van der Waals surface area (Å²) in [6.07, 6.45) is 5.72. The Bertz CT molecular complexity index is 868. The lowest BCUT2D eigenvalue weighted by molar-refractivity contribution is -0.159. The number of benzene rings is 1. The van der Waals surface area contributed by atoms with Crippen LogP contribution in [0.25, 0.3) is 5.76 Å². The van der Waals surface area contributed by atoms with Crippen molar-refractivity contribution in [2.75, 3.05) is 7.11 Å². The molecule has 0 aliphatic heterocycles. The van der Waals surface area contributed by atoms with E-state index in [2.05, 4.69) is 68.0 Å². The molecule has 1 spiro atoms. The van der Waals surface area contributed by atoms with Crippen LogP contribution < -0.4 is 4.43 Å². The van der Waals surface area contributed by atoms with Crippen LogP contribution in [0.5, 0.6) is 5.75 Å². The van der Waals surface area contributed by atoms with Crippen molar-refractivity contribution >= 4 is 30.0 Å². The second kappa shape index (κ2) is 5.91. The molecule has 0 N–H and O–H groups in total. The molecule has 5 unspecified atom stereocenters. The first-order chi connectivity index (χ1) is 13.1. The SMILES string of the molecule is COC(=C1C2CC3CC4CC1C34C2)c1cc(O[Si](C)(C)C(C)(C)C)ccc1Br. The molecule has 4 aliphatic rings. The molecule has 4 saturated carbocycles. The lowest BCUT2D eigenvalue weighted by Gasteiger charge is -2.66. The van der Waals surface area contributed by atoms with Crippen molar-refractivity contribution in [3.63, 3.8) is 0 Å². The van der Waals surface area contributed by atoms with Crippen molar-refractivity contribution in [3.05, 3.63) is 33.8 Å². The normalized spacial score (nSPS) is 37.1. The van der Waals surface area contributed by atoms with Crippen LogP contribution in [0, 0.1) is 29.1 Å². The van der Waals surface area contributed by atoms with Gasteiger partial charge in [0, 0.05) is 10.0 Å². The minimum atomic E-state index is -1.87. The molecule has 0 saturated heterocycles. The van der Waals surface area contributed by atoms with Gasteiger partial charge in [0.1, 0.15) is 11.5 Å². The molecule has 0 heterocycles. The van der Waals surface area contributed by atoms with E-state index >= 15 is 0 Å². The first kappa shape index (κ1) is 19.2. The highest BCUT2D eigenvalue weighted by Gasteiger charge is 2.75. The van der Waals surface area contributed by atoms with Crippen molar-refractivity contribution in [3.8, 4) is 5.75 Å². The van der Waals surface area contributed by atoms with Crippen molar-refractivity contribution < 1.29 is 9.16 Å². The molecule has 4 aliphatic carbocycles. The Balaban J connectivity index is 1.52. The Morgan fingerprint density at radius 1 is 1.14 bits per heavy atom. The second-order valence-electron chi connectivity index (χ2n) is 11.2. The van der Waals surface area contributed by atoms with Crippen molar-refractivity contribution in [2.24, 2.45) is 29.1 Å². The maximum atomic E-state index is 6.61. The van der Waals surface area contributed by atoms with Gasteiger partial charge in [0.15, 0.2) is 0 Å². The highest BCUT2D eigenvalue weighted by Crippen LogP contribution is 2.83.